The fourth-order valence-electron chi connectivity index (χ4n) is 10.8. The topological polar surface area (TPSA) is 543 Å². The zero-order valence-electron chi connectivity index (χ0n) is 43.3. The van der Waals surface area contributed by atoms with Gasteiger partial charge in [0.05, 0.1) is 46.2 Å². The summed E-state index contributed by atoms with van der Waals surface area (Å²) < 4.78 is 86.6. The normalized spacial score (nSPS) is 53.2. The van der Waals surface area contributed by atoms with Crippen molar-refractivity contribution >= 4 is 0 Å². The Balaban J connectivity index is 1.09. The van der Waals surface area contributed by atoms with Crippen LogP contribution in [-0.4, -0.2) is 370 Å². The van der Waals surface area contributed by atoms with Crippen molar-refractivity contribution in [3.05, 3.63) is 0 Å². The molecule has 0 unspecified atom stereocenters. The second-order valence-corrected chi connectivity index (χ2v) is 20.9. The van der Waals surface area contributed by atoms with Gasteiger partial charge in [-0.25, -0.2) is 0 Å². The Morgan fingerprint density at radius 3 is 0.593 bits per heavy atom. The van der Waals surface area contributed by atoms with Crippen LogP contribution in [0.1, 0.15) is 19.8 Å². The lowest BCUT2D eigenvalue weighted by Crippen LogP contribution is -2.68. The number of hydrogen-bond acceptors (Lipinski definition) is 35. The molecule has 472 valence electrons. The highest BCUT2D eigenvalue weighted by atomic mass is 16.8. The maximum atomic E-state index is 11.6. The van der Waals surface area contributed by atoms with E-state index in [0.29, 0.717) is 12.8 Å². The third kappa shape index (κ3) is 13.5. The van der Waals surface area contributed by atoms with Gasteiger partial charge in [0.1, 0.15) is 171 Å². The monoisotopic (exact) mass is 1190 g/mol. The van der Waals surface area contributed by atoms with Crippen LogP contribution in [-0.2, 0) is 71.1 Å². The van der Waals surface area contributed by atoms with E-state index in [2.05, 4.69) is 0 Å². The minimum absolute atomic E-state index is 0.124. The Morgan fingerprint density at radius 1 is 0.247 bits per heavy atom. The van der Waals surface area contributed by atoms with Gasteiger partial charge in [-0.15, -0.1) is 0 Å². The first-order valence-corrected chi connectivity index (χ1v) is 26.6. The third-order valence-electron chi connectivity index (χ3n) is 15.5. The van der Waals surface area contributed by atoms with Gasteiger partial charge in [-0.2, -0.15) is 0 Å². The summed E-state index contributed by atoms with van der Waals surface area (Å²) >= 11 is 0. The van der Waals surface area contributed by atoms with E-state index >= 15 is 0 Å². The van der Waals surface area contributed by atoms with E-state index < -0.39 is 261 Å². The maximum Gasteiger partial charge on any atom is 0.187 e. The molecule has 35 atom stereocenters. The molecule has 20 N–H and O–H groups in total. The van der Waals surface area contributed by atoms with Crippen LogP contribution in [0.3, 0.4) is 0 Å². The van der Waals surface area contributed by atoms with Gasteiger partial charge < -0.3 is 173 Å². The molecule has 0 aromatic carbocycles. The lowest BCUT2D eigenvalue weighted by Gasteiger charge is -2.50. The fourth-order valence-corrected chi connectivity index (χ4v) is 10.8. The Kier molecular flexibility index (Phi) is 23.2. The molecule has 21 fully saturated rings. The Bertz CT molecular complexity index is 1890. The van der Waals surface area contributed by atoms with Crippen molar-refractivity contribution in [1.82, 2.24) is 0 Å². The molecule has 21 heterocycles. The second kappa shape index (κ2) is 28.6. The predicted octanol–water partition coefficient (Wildman–Crippen LogP) is -13.4. The molecule has 0 radical (unpaired) electrons. The van der Waals surface area contributed by atoms with Gasteiger partial charge in [-0.1, -0.05) is 13.3 Å². The highest BCUT2D eigenvalue weighted by Gasteiger charge is 2.59. The standard InChI is InChI=1S/C46H78O35/c1-2-3-4-67-11-18-39-25(59)32(66)46(74-18)80-38-17(10-52)72-44(30(64)23(38)57)78-36-15(8-50)70-42(28(62)21(36)55)76-34-13(6-48)68-40(26(60)19(34)53)75-33-12(5-47)69-41(27(61)20(33)54)77-35-14(7-49)71-43(29(63)22(35)56)79-37-16(9-51)73-45(81-39)31(65)24(37)58/h12-66H,2-11H2,1H3/t12-,13-,14-,15-,16-,17-,18-,19-,20-,21-,22-,23-,24-,25-,26-,27-,28-,29-,30-,31-,32-,33-,34-,35-,36-,37-,38-,39-,40-,41-,42-,43-,44-,45-,46-/m1/s1. The number of aliphatic hydroxyl groups excluding tert-OH is 20. The van der Waals surface area contributed by atoms with Crippen LogP contribution in [0.5, 0.6) is 0 Å². The number of hydrogen-bond donors (Lipinski definition) is 20. The van der Waals surface area contributed by atoms with Gasteiger partial charge in [0.15, 0.2) is 44.0 Å². The van der Waals surface area contributed by atoms with E-state index in [-0.39, 0.29) is 6.61 Å². The summed E-state index contributed by atoms with van der Waals surface area (Å²) in [6.07, 6.45) is -68.0. The Labute approximate surface area is 460 Å². The molecule has 21 aliphatic rings. The summed E-state index contributed by atoms with van der Waals surface area (Å²) in [4.78, 5) is 0. The quantitative estimate of drug-likeness (QED) is 0.0854. The van der Waals surface area contributed by atoms with E-state index in [4.69, 9.17) is 71.1 Å². The summed E-state index contributed by atoms with van der Waals surface area (Å²) in [6.45, 7) is -4.64. The first-order chi connectivity index (χ1) is 38.7. The minimum Gasteiger partial charge on any atom is -0.394 e. The summed E-state index contributed by atoms with van der Waals surface area (Å²) in [5.74, 6) is 0. The lowest BCUT2D eigenvalue weighted by molar-refractivity contribution is -0.397. The van der Waals surface area contributed by atoms with E-state index in [1.165, 1.54) is 0 Å². The smallest absolute Gasteiger partial charge is 0.187 e. The van der Waals surface area contributed by atoms with Crippen molar-refractivity contribution in [3.8, 4) is 0 Å². The molecular formula is C46H78O35. The first kappa shape index (κ1) is 65.6. The van der Waals surface area contributed by atoms with Crippen molar-refractivity contribution in [1.29, 1.82) is 0 Å². The maximum absolute atomic E-state index is 11.6. The van der Waals surface area contributed by atoms with Crippen molar-refractivity contribution in [3.63, 3.8) is 0 Å². The molecule has 0 amide bonds. The molecule has 21 saturated heterocycles. The Hall–Kier alpha value is -1.40. The van der Waals surface area contributed by atoms with Crippen molar-refractivity contribution in [2.75, 3.05) is 52.9 Å². The van der Waals surface area contributed by atoms with Crippen LogP contribution >= 0.6 is 0 Å². The van der Waals surface area contributed by atoms with Crippen molar-refractivity contribution < 1.29 is 173 Å². The zero-order chi connectivity index (χ0) is 58.9. The van der Waals surface area contributed by atoms with Gasteiger partial charge in [0.2, 0.25) is 0 Å². The summed E-state index contributed by atoms with van der Waals surface area (Å²) in [7, 11) is 0. The van der Waals surface area contributed by atoms with E-state index in [9.17, 15) is 102 Å². The first-order valence-electron chi connectivity index (χ1n) is 26.6. The number of ether oxygens (including phenoxy) is 15. The average molecular weight is 1190 g/mol. The number of unbranched alkanes of at least 4 members (excludes halogenated alkanes) is 1. The van der Waals surface area contributed by atoms with E-state index in [1.54, 1.807) is 0 Å². The second-order valence-electron chi connectivity index (χ2n) is 20.9. The zero-order valence-corrected chi connectivity index (χ0v) is 43.3. The fraction of sp³-hybridized carbons (Fsp3) is 1.00. The highest BCUT2D eigenvalue weighted by molar-refractivity contribution is 5.02. The molecule has 81 heavy (non-hydrogen) atoms. The SMILES string of the molecule is CCCCOC[C@H]1O[C@@H]2O[C@H]3[C@H](O)[C@@H](O)[C@@H](O[C@H]4[C@H](O)[C@@H](O)[C@@H](O[C@H]5[C@H](O)[C@@H](O)[C@@H](O[C@H]6[C@H](O)[C@@H](O)[C@@H](O[C@H]7[C@H](O)[C@@H](O)[C@@H](O[C@H]8[C@H](O)[C@@H](O)[C@@H](O[C@H]1[C@H](O)[C@H]2O)O[C@@H]8CO)O[C@@H]7CO)O[C@@H]6CO)O[C@@H]5CO)O[C@@H]4CO)O[C@@H]3CO. The van der Waals surface area contributed by atoms with Crippen molar-refractivity contribution in [2.24, 2.45) is 0 Å². The van der Waals surface area contributed by atoms with Gasteiger partial charge in [-0.05, 0) is 6.42 Å². The van der Waals surface area contributed by atoms with Crippen LogP contribution in [0.2, 0.25) is 0 Å². The van der Waals surface area contributed by atoms with E-state index in [0.717, 1.165) is 0 Å². The summed E-state index contributed by atoms with van der Waals surface area (Å²) in [5.41, 5.74) is 0. The van der Waals surface area contributed by atoms with Crippen LogP contribution < -0.4 is 0 Å². The number of rotatable bonds is 11. The van der Waals surface area contributed by atoms with Gasteiger partial charge in [0, 0.05) is 6.61 Å². The van der Waals surface area contributed by atoms with Gasteiger partial charge in [-0.3, -0.25) is 0 Å². The van der Waals surface area contributed by atoms with Crippen molar-refractivity contribution in [2.45, 2.75) is 235 Å². The molecule has 35 heteroatoms. The Morgan fingerprint density at radius 2 is 0.420 bits per heavy atom. The molecule has 0 aliphatic carbocycles. The molecule has 0 spiro atoms. The predicted molar refractivity (Wildman–Crippen MR) is 247 cm³/mol. The molecule has 21 rings (SSSR count). The molecule has 14 bridgehead atoms. The van der Waals surface area contributed by atoms with Gasteiger partial charge in [0.25, 0.3) is 0 Å². The molecule has 0 aromatic heterocycles. The molecule has 0 saturated carbocycles. The van der Waals surface area contributed by atoms with Crippen LogP contribution in [0.25, 0.3) is 0 Å². The summed E-state index contributed by atoms with van der Waals surface area (Å²) in [6, 6.07) is 0. The van der Waals surface area contributed by atoms with Gasteiger partial charge >= 0.3 is 0 Å². The largest absolute Gasteiger partial charge is 0.394 e. The average Bonchev–Trinajstić information content (AvgIpc) is 3.47. The summed E-state index contributed by atoms with van der Waals surface area (Å²) in [5, 5.41) is 222. The third-order valence-corrected chi connectivity index (χ3v) is 15.5. The molecule has 0 aromatic rings. The van der Waals surface area contributed by atoms with Crippen LogP contribution in [0.4, 0.5) is 0 Å². The molecular weight excluding hydrogens is 1110 g/mol. The minimum atomic E-state index is -2.20. The molecule has 21 aliphatic heterocycles. The molecule has 35 nitrogen and oxygen atoms in total. The lowest BCUT2D eigenvalue weighted by atomic mass is 9.95. The number of aliphatic hydroxyl groups is 20. The van der Waals surface area contributed by atoms with E-state index in [1.807, 2.05) is 6.92 Å². The van der Waals surface area contributed by atoms with Crippen LogP contribution in [0, 0.1) is 0 Å². The highest BCUT2D eigenvalue weighted by Crippen LogP contribution is 2.39. The van der Waals surface area contributed by atoms with Crippen LogP contribution in [0.15, 0.2) is 0 Å².